The molecule has 0 N–H and O–H groups in total. The van der Waals surface area contributed by atoms with Crippen LogP contribution in [0.3, 0.4) is 0 Å². The van der Waals surface area contributed by atoms with Gasteiger partial charge in [-0.25, -0.2) is 0 Å². The minimum absolute atomic E-state index is 1.16. The van der Waals surface area contributed by atoms with Crippen LogP contribution < -0.4 is 0 Å². The van der Waals surface area contributed by atoms with Crippen molar-refractivity contribution in [3.63, 3.8) is 0 Å². The molecule has 0 saturated carbocycles. The average Bonchev–Trinajstić information content (AvgIpc) is 3.89. The Bertz CT molecular complexity index is 3490. The molecular weight excluding hydrogens is 685 g/mol. The van der Waals surface area contributed by atoms with Crippen LogP contribution in [0.25, 0.3) is 108 Å². The van der Waals surface area contributed by atoms with Gasteiger partial charge in [0.05, 0.1) is 22.1 Å². The summed E-state index contributed by atoms with van der Waals surface area (Å²) in [6.45, 7) is 0. The minimum atomic E-state index is 1.16. The highest BCUT2D eigenvalue weighted by molar-refractivity contribution is 7.25. The van der Waals surface area contributed by atoms with Crippen LogP contribution in [0.15, 0.2) is 194 Å². The zero-order chi connectivity index (χ0) is 36.0. The third-order valence-electron chi connectivity index (χ3n) is 11.5. The SMILES string of the molecule is c1ccc(-c2cccc(-n3c4ccc(-c5ccc6c(c5)c5ccccc5n6-c5ccc6c(c5)sc5ccccc56)cc4c4cc5ccccc5cc43)c2)cc1. The highest BCUT2D eigenvalue weighted by Gasteiger charge is 2.18. The first kappa shape index (κ1) is 30.5. The van der Waals surface area contributed by atoms with E-state index in [1.807, 2.05) is 11.3 Å². The predicted octanol–water partition coefficient (Wildman–Crippen LogP) is 14.7. The van der Waals surface area contributed by atoms with E-state index in [1.54, 1.807) is 0 Å². The Morgan fingerprint density at radius 3 is 1.65 bits per heavy atom. The molecule has 0 saturated heterocycles. The number of benzene rings is 9. The topological polar surface area (TPSA) is 9.86 Å². The summed E-state index contributed by atoms with van der Waals surface area (Å²) in [5.41, 5.74) is 12.1. The largest absolute Gasteiger partial charge is 0.309 e. The molecule has 0 spiro atoms. The van der Waals surface area contributed by atoms with E-state index in [9.17, 15) is 0 Å². The molecule has 12 aromatic rings. The molecule has 3 aromatic heterocycles. The second-order valence-electron chi connectivity index (χ2n) is 14.6. The molecule has 256 valence electrons. The molecule has 0 amide bonds. The van der Waals surface area contributed by atoms with Crippen LogP contribution in [0, 0.1) is 0 Å². The Labute approximate surface area is 321 Å². The van der Waals surface area contributed by atoms with E-state index in [4.69, 9.17) is 0 Å². The molecule has 3 heteroatoms. The first-order valence-electron chi connectivity index (χ1n) is 18.8. The lowest BCUT2D eigenvalue weighted by atomic mass is 10.00. The average molecular weight is 717 g/mol. The summed E-state index contributed by atoms with van der Waals surface area (Å²) in [6, 6.07) is 71.5. The maximum absolute atomic E-state index is 2.44. The monoisotopic (exact) mass is 716 g/mol. The molecule has 0 fully saturated rings. The van der Waals surface area contributed by atoms with Gasteiger partial charge in [0.2, 0.25) is 0 Å². The lowest BCUT2D eigenvalue weighted by Gasteiger charge is -2.11. The molecule has 0 radical (unpaired) electrons. The highest BCUT2D eigenvalue weighted by Crippen LogP contribution is 2.41. The highest BCUT2D eigenvalue weighted by atomic mass is 32.1. The molecule has 9 aromatic carbocycles. The predicted molar refractivity (Wildman–Crippen MR) is 236 cm³/mol. The molecule has 0 aliphatic carbocycles. The third-order valence-corrected chi connectivity index (χ3v) is 12.6. The van der Waals surface area contributed by atoms with E-state index >= 15 is 0 Å². The number of hydrogen-bond donors (Lipinski definition) is 0. The van der Waals surface area contributed by atoms with Crippen LogP contribution in [0.2, 0.25) is 0 Å². The Balaban J connectivity index is 1.05. The molecule has 2 nitrogen and oxygen atoms in total. The molecular formula is C52H32N2S. The molecule has 12 rings (SSSR count). The van der Waals surface area contributed by atoms with Crippen molar-refractivity contribution < 1.29 is 0 Å². The van der Waals surface area contributed by atoms with Crippen molar-refractivity contribution in [1.29, 1.82) is 0 Å². The van der Waals surface area contributed by atoms with E-state index in [0.29, 0.717) is 0 Å². The normalized spacial score (nSPS) is 12.0. The standard InChI is InChI=1S/C52H32N2S/c1-2-11-33(12-3-1)34-15-10-16-39(27-34)54-49-26-22-38(30-45(49)46-28-35-13-4-5-14-36(35)31-50(46)54)37-21-25-48-44(29-37)41-17-6-8-19-47(41)53(48)40-23-24-43-42-18-7-9-20-51(42)55-52(43)32-40/h1-32H. The summed E-state index contributed by atoms with van der Waals surface area (Å²) in [5.74, 6) is 0. The maximum Gasteiger partial charge on any atom is 0.0547 e. The first-order valence-corrected chi connectivity index (χ1v) is 19.6. The summed E-state index contributed by atoms with van der Waals surface area (Å²) < 4.78 is 7.52. The fraction of sp³-hybridized carbons (Fsp3) is 0. The first-order chi connectivity index (χ1) is 27.2. The molecule has 3 heterocycles. The lowest BCUT2D eigenvalue weighted by molar-refractivity contribution is 1.18. The van der Waals surface area contributed by atoms with Crippen molar-refractivity contribution in [2.24, 2.45) is 0 Å². The van der Waals surface area contributed by atoms with Gasteiger partial charge >= 0.3 is 0 Å². The second kappa shape index (κ2) is 11.8. The summed E-state index contributed by atoms with van der Waals surface area (Å²) in [7, 11) is 0. The Hall–Kier alpha value is -6.94. The third kappa shape index (κ3) is 4.67. The molecule has 0 aliphatic rings. The van der Waals surface area contributed by atoms with E-state index < -0.39 is 0 Å². The van der Waals surface area contributed by atoms with Crippen LogP contribution in [-0.2, 0) is 0 Å². The summed E-state index contributed by atoms with van der Waals surface area (Å²) in [4.78, 5) is 0. The smallest absolute Gasteiger partial charge is 0.0547 e. The molecule has 0 unspecified atom stereocenters. The fourth-order valence-electron chi connectivity index (χ4n) is 8.90. The zero-order valence-corrected chi connectivity index (χ0v) is 30.6. The van der Waals surface area contributed by atoms with Gasteiger partial charge in [-0.05, 0) is 106 Å². The van der Waals surface area contributed by atoms with Crippen molar-refractivity contribution in [3.8, 4) is 33.6 Å². The van der Waals surface area contributed by atoms with Crippen LogP contribution >= 0.6 is 11.3 Å². The number of fused-ring (bicyclic) bond motifs is 10. The Kier molecular flexibility index (Phi) is 6.54. The summed E-state index contributed by atoms with van der Waals surface area (Å²) in [5, 5.41) is 10.2. The Morgan fingerprint density at radius 2 is 0.836 bits per heavy atom. The van der Waals surface area contributed by atoms with Crippen LogP contribution in [0.5, 0.6) is 0 Å². The second-order valence-corrected chi connectivity index (χ2v) is 15.6. The van der Waals surface area contributed by atoms with Crippen molar-refractivity contribution >= 4 is 85.9 Å². The quantitative estimate of drug-likeness (QED) is 0.172. The van der Waals surface area contributed by atoms with E-state index in [2.05, 4.69) is 203 Å². The maximum atomic E-state index is 2.44. The number of hydrogen-bond acceptors (Lipinski definition) is 1. The van der Waals surface area contributed by atoms with Gasteiger partial charge in [-0.2, -0.15) is 0 Å². The van der Waals surface area contributed by atoms with Gasteiger partial charge in [0.15, 0.2) is 0 Å². The Morgan fingerprint density at radius 1 is 0.273 bits per heavy atom. The molecule has 0 aliphatic heterocycles. The number of aromatic nitrogens is 2. The van der Waals surface area contributed by atoms with Gasteiger partial charge < -0.3 is 9.13 Å². The zero-order valence-electron chi connectivity index (χ0n) is 29.8. The molecule has 0 bridgehead atoms. The van der Waals surface area contributed by atoms with Gasteiger partial charge in [0.25, 0.3) is 0 Å². The van der Waals surface area contributed by atoms with E-state index in [-0.39, 0.29) is 0 Å². The van der Waals surface area contributed by atoms with Crippen LogP contribution in [0.1, 0.15) is 0 Å². The number of thiophene rings is 1. The van der Waals surface area contributed by atoms with Crippen LogP contribution in [-0.4, -0.2) is 9.13 Å². The van der Waals surface area contributed by atoms with Gasteiger partial charge in [0, 0.05) is 53.1 Å². The molecule has 0 atom stereocenters. The van der Waals surface area contributed by atoms with Crippen molar-refractivity contribution in [3.05, 3.63) is 194 Å². The number of nitrogens with zero attached hydrogens (tertiary/aromatic N) is 2. The minimum Gasteiger partial charge on any atom is -0.309 e. The van der Waals surface area contributed by atoms with Crippen molar-refractivity contribution in [2.75, 3.05) is 0 Å². The van der Waals surface area contributed by atoms with Crippen molar-refractivity contribution in [1.82, 2.24) is 9.13 Å². The van der Waals surface area contributed by atoms with Gasteiger partial charge in [-0.3, -0.25) is 0 Å². The summed E-state index contributed by atoms with van der Waals surface area (Å²) in [6.07, 6.45) is 0. The van der Waals surface area contributed by atoms with E-state index in [0.717, 1.165) is 5.69 Å². The summed E-state index contributed by atoms with van der Waals surface area (Å²) >= 11 is 1.87. The number of para-hydroxylation sites is 1. The molecule has 55 heavy (non-hydrogen) atoms. The van der Waals surface area contributed by atoms with E-state index in [1.165, 1.54) is 102 Å². The van der Waals surface area contributed by atoms with Gasteiger partial charge in [-0.1, -0.05) is 121 Å². The lowest BCUT2D eigenvalue weighted by Crippen LogP contribution is -1.94. The van der Waals surface area contributed by atoms with Gasteiger partial charge in [0.1, 0.15) is 0 Å². The van der Waals surface area contributed by atoms with Gasteiger partial charge in [-0.15, -0.1) is 11.3 Å². The number of rotatable bonds is 4. The van der Waals surface area contributed by atoms with Crippen molar-refractivity contribution in [2.45, 2.75) is 0 Å². The fourth-order valence-corrected chi connectivity index (χ4v) is 10.0. The van der Waals surface area contributed by atoms with Crippen LogP contribution in [0.4, 0.5) is 0 Å².